The number of fused-ring (bicyclic) bond motifs is 1. The summed E-state index contributed by atoms with van der Waals surface area (Å²) >= 11 is 10.4. The Bertz CT molecular complexity index is 447. The van der Waals surface area contributed by atoms with E-state index in [1.807, 2.05) is 0 Å². The maximum Gasteiger partial charge on any atom is 0.0406 e. The lowest BCUT2D eigenvalue weighted by Gasteiger charge is -2.04. The van der Waals surface area contributed by atoms with E-state index in [1.54, 1.807) is 23.1 Å². The molecule has 0 aliphatic heterocycles. The van der Waals surface area contributed by atoms with E-state index in [1.165, 1.54) is 18.6 Å². The van der Waals surface area contributed by atoms with Crippen molar-refractivity contribution >= 4 is 68.4 Å². The Morgan fingerprint density at radius 2 is 2.31 bits per heavy atom. The Balaban J connectivity index is 2.83. The molecule has 4 heteroatoms. The van der Waals surface area contributed by atoms with Gasteiger partial charge < -0.3 is 0 Å². The maximum absolute atomic E-state index is 4.54. The number of hydrogen-bond acceptors (Lipinski definition) is 3. The predicted octanol–water partition coefficient (Wildman–Crippen LogP) is 4.52. The highest BCUT2D eigenvalue weighted by Crippen LogP contribution is 2.36. The zero-order valence-corrected chi connectivity index (χ0v) is 11.6. The van der Waals surface area contributed by atoms with Crippen molar-refractivity contribution in [2.24, 2.45) is 0 Å². The van der Waals surface area contributed by atoms with Crippen LogP contribution in [0.3, 0.4) is 0 Å². The molecular formula is C9H7IS3. The highest BCUT2D eigenvalue weighted by Gasteiger charge is 2.08. The Kier molecular flexibility index (Phi) is 3.12. The van der Waals surface area contributed by atoms with Gasteiger partial charge in [0.25, 0.3) is 0 Å². The quantitative estimate of drug-likeness (QED) is 0.453. The summed E-state index contributed by atoms with van der Waals surface area (Å²) in [6.45, 7) is 0. The lowest BCUT2D eigenvalue weighted by molar-refractivity contribution is 1.34. The van der Waals surface area contributed by atoms with Crippen LogP contribution in [-0.2, 0) is 0 Å². The Hall–Kier alpha value is 0.610. The first-order valence-electron chi connectivity index (χ1n) is 3.66. The van der Waals surface area contributed by atoms with Crippen LogP contribution in [0.5, 0.6) is 0 Å². The van der Waals surface area contributed by atoms with Crippen LogP contribution in [0.15, 0.2) is 27.3 Å². The zero-order valence-electron chi connectivity index (χ0n) is 6.87. The lowest BCUT2D eigenvalue weighted by atomic mass is 10.3. The van der Waals surface area contributed by atoms with Crippen molar-refractivity contribution in [2.75, 3.05) is 6.26 Å². The van der Waals surface area contributed by atoms with E-state index in [2.05, 4.69) is 59.0 Å². The normalized spacial score (nSPS) is 11.0. The maximum atomic E-state index is 4.54. The molecule has 1 aromatic heterocycles. The smallest absolute Gasteiger partial charge is 0.0406 e. The highest BCUT2D eigenvalue weighted by atomic mass is 127. The van der Waals surface area contributed by atoms with Gasteiger partial charge in [-0.05, 0) is 46.4 Å². The second-order valence-corrected chi connectivity index (χ2v) is 5.90. The van der Waals surface area contributed by atoms with Gasteiger partial charge in [0.1, 0.15) is 0 Å². The molecule has 0 spiro atoms. The molecule has 0 saturated carbocycles. The topological polar surface area (TPSA) is 0 Å². The third-order valence-corrected chi connectivity index (χ3v) is 5.86. The molecule has 2 aromatic rings. The molecule has 0 amide bonds. The Morgan fingerprint density at radius 1 is 1.54 bits per heavy atom. The average Bonchev–Trinajstić information content (AvgIpc) is 2.59. The molecule has 0 nitrogen and oxygen atoms in total. The van der Waals surface area contributed by atoms with Crippen molar-refractivity contribution in [3.8, 4) is 0 Å². The third kappa shape index (κ3) is 1.73. The molecule has 0 fully saturated rings. The van der Waals surface area contributed by atoms with Gasteiger partial charge in [0.2, 0.25) is 0 Å². The first kappa shape index (κ1) is 10.1. The summed E-state index contributed by atoms with van der Waals surface area (Å²) in [7, 11) is 0. The van der Waals surface area contributed by atoms with Crippen molar-refractivity contribution in [3.05, 3.63) is 21.1 Å². The van der Waals surface area contributed by atoms with Gasteiger partial charge in [-0.3, -0.25) is 0 Å². The Labute approximate surface area is 105 Å². The van der Waals surface area contributed by atoms with Gasteiger partial charge in [0, 0.05) is 23.4 Å². The fourth-order valence-electron chi connectivity index (χ4n) is 1.19. The minimum atomic E-state index is 1.11. The number of halogens is 1. The molecule has 0 saturated heterocycles. The van der Waals surface area contributed by atoms with E-state index in [4.69, 9.17) is 0 Å². The van der Waals surface area contributed by atoms with Gasteiger partial charge in [-0.15, -0.1) is 35.7 Å². The largest absolute Gasteiger partial charge is 0.144 e. The van der Waals surface area contributed by atoms with E-state index in [0.717, 1.165) is 4.90 Å². The molecule has 0 aliphatic carbocycles. The van der Waals surface area contributed by atoms with Gasteiger partial charge in [0.15, 0.2) is 0 Å². The molecule has 0 aliphatic rings. The third-order valence-electron chi connectivity index (χ3n) is 1.86. The highest BCUT2D eigenvalue weighted by molar-refractivity contribution is 14.1. The predicted molar refractivity (Wildman–Crippen MR) is 73.6 cm³/mol. The molecule has 68 valence electrons. The molecule has 0 N–H and O–H groups in total. The minimum Gasteiger partial charge on any atom is -0.144 e. The molecule has 0 atom stereocenters. The summed E-state index contributed by atoms with van der Waals surface area (Å²) in [6.07, 6.45) is 2.10. The zero-order chi connectivity index (χ0) is 9.42. The fraction of sp³-hybridized carbons (Fsp3) is 0.111. The van der Waals surface area contributed by atoms with Crippen molar-refractivity contribution in [1.82, 2.24) is 0 Å². The van der Waals surface area contributed by atoms with Crippen molar-refractivity contribution in [1.29, 1.82) is 0 Å². The SMILES string of the molecule is CSc1cc2sccc2c(S)c1I. The van der Waals surface area contributed by atoms with Crippen molar-refractivity contribution < 1.29 is 0 Å². The number of rotatable bonds is 1. The van der Waals surface area contributed by atoms with Crippen LogP contribution >= 0.6 is 58.3 Å². The van der Waals surface area contributed by atoms with Crippen LogP contribution in [0, 0.1) is 3.57 Å². The first-order chi connectivity index (χ1) is 6.24. The van der Waals surface area contributed by atoms with Gasteiger partial charge in [-0.1, -0.05) is 0 Å². The van der Waals surface area contributed by atoms with E-state index in [9.17, 15) is 0 Å². The molecule has 1 heterocycles. The van der Waals surface area contributed by atoms with Crippen LogP contribution < -0.4 is 0 Å². The van der Waals surface area contributed by atoms with Crippen molar-refractivity contribution in [3.63, 3.8) is 0 Å². The van der Waals surface area contributed by atoms with Crippen molar-refractivity contribution in [2.45, 2.75) is 9.79 Å². The van der Waals surface area contributed by atoms with Crippen LogP contribution in [-0.4, -0.2) is 6.26 Å². The van der Waals surface area contributed by atoms with E-state index in [-0.39, 0.29) is 0 Å². The second kappa shape index (κ2) is 4.00. The number of thiophene rings is 1. The van der Waals surface area contributed by atoms with Gasteiger partial charge in [-0.25, -0.2) is 0 Å². The van der Waals surface area contributed by atoms with Gasteiger partial charge in [-0.2, -0.15) is 0 Å². The van der Waals surface area contributed by atoms with Gasteiger partial charge in [0.05, 0.1) is 0 Å². The number of thioether (sulfide) groups is 1. The number of benzene rings is 1. The summed E-state index contributed by atoms with van der Waals surface area (Å²) < 4.78 is 2.59. The second-order valence-electron chi connectivity index (χ2n) is 2.57. The first-order valence-corrected chi connectivity index (χ1v) is 7.29. The number of thiol groups is 1. The number of hydrogen-bond donors (Lipinski definition) is 1. The standard InChI is InChI=1S/C9H7IS3/c1-12-7-4-6-5(2-3-13-6)9(11)8(7)10/h2-4,11H,1H3. The molecule has 0 radical (unpaired) electrons. The molecule has 1 aromatic carbocycles. The van der Waals surface area contributed by atoms with Crippen LogP contribution in [0.1, 0.15) is 0 Å². The minimum absolute atomic E-state index is 1.11. The summed E-state index contributed by atoms with van der Waals surface area (Å²) in [5, 5.41) is 3.39. The van der Waals surface area contributed by atoms with Crippen LogP contribution in [0.4, 0.5) is 0 Å². The van der Waals surface area contributed by atoms with Crippen LogP contribution in [0.25, 0.3) is 10.1 Å². The summed E-state index contributed by atoms with van der Waals surface area (Å²) in [4.78, 5) is 2.43. The molecule has 13 heavy (non-hydrogen) atoms. The summed E-state index contributed by atoms with van der Waals surface area (Å²) in [6, 6.07) is 4.38. The fourth-order valence-corrected chi connectivity index (χ4v) is 4.19. The summed E-state index contributed by atoms with van der Waals surface area (Å²) in [5.41, 5.74) is 0. The van der Waals surface area contributed by atoms with Gasteiger partial charge >= 0.3 is 0 Å². The monoisotopic (exact) mass is 338 g/mol. The van der Waals surface area contributed by atoms with E-state index < -0.39 is 0 Å². The summed E-state index contributed by atoms with van der Waals surface area (Å²) in [5.74, 6) is 0. The Morgan fingerprint density at radius 3 is 3.00 bits per heavy atom. The lowest BCUT2D eigenvalue weighted by Crippen LogP contribution is -1.81. The molecule has 2 rings (SSSR count). The average molecular weight is 338 g/mol. The van der Waals surface area contributed by atoms with Crippen LogP contribution in [0.2, 0.25) is 0 Å². The van der Waals surface area contributed by atoms with E-state index >= 15 is 0 Å². The molecular weight excluding hydrogens is 331 g/mol. The van der Waals surface area contributed by atoms with E-state index in [0.29, 0.717) is 0 Å². The molecule has 0 bridgehead atoms. The molecule has 0 unspecified atom stereocenters.